The van der Waals surface area contributed by atoms with Gasteiger partial charge in [0.2, 0.25) is 0 Å². The molecule has 0 saturated heterocycles. The summed E-state index contributed by atoms with van der Waals surface area (Å²) in [5.74, 6) is 0.854. The zero-order valence-corrected chi connectivity index (χ0v) is 11.4. The molecule has 0 heterocycles. The van der Waals surface area contributed by atoms with Crippen LogP contribution in [0.5, 0.6) is 0 Å². The molecule has 0 amide bonds. The van der Waals surface area contributed by atoms with Gasteiger partial charge in [-0.3, -0.25) is 0 Å². The fourth-order valence-corrected chi connectivity index (χ4v) is 3.17. The first kappa shape index (κ1) is 14.0. The van der Waals surface area contributed by atoms with Gasteiger partial charge in [0.15, 0.2) is 0 Å². The summed E-state index contributed by atoms with van der Waals surface area (Å²) in [6.07, 6.45) is 5.66. The Bertz CT molecular complexity index is 211. The number of nitrogens with two attached hydrogens (primary N) is 1. The minimum atomic E-state index is -0.275. The van der Waals surface area contributed by atoms with E-state index in [9.17, 15) is 5.11 Å². The second-order valence-corrected chi connectivity index (χ2v) is 6.69. The molecule has 1 unspecified atom stereocenters. The quantitative estimate of drug-likeness (QED) is 0.778. The van der Waals surface area contributed by atoms with Crippen LogP contribution in [0.15, 0.2) is 0 Å². The second-order valence-electron chi connectivity index (χ2n) is 6.69. The minimum Gasteiger partial charge on any atom is -0.392 e. The van der Waals surface area contributed by atoms with Gasteiger partial charge in [0, 0.05) is 12.0 Å². The lowest BCUT2D eigenvalue weighted by molar-refractivity contribution is -0.0711. The van der Waals surface area contributed by atoms with Crippen molar-refractivity contribution in [3.8, 4) is 0 Å². The molecule has 0 aromatic rings. The number of hydrogen-bond acceptors (Lipinski definition) is 2. The molecule has 0 radical (unpaired) electrons. The van der Waals surface area contributed by atoms with E-state index in [2.05, 4.69) is 27.7 Å². The molecule has 96 valence electrons. The van der Waals surface area contributed by atoms with Gasteiger partial charge in [0.05, 0.1) is 6.10 Å². The molecule has 1 saturated carbocycles. The summed E-state index contributed by atoms with van der Waals surface area (Å²) in [6, 6.07) is 0. The molecule has 1 atom stereocenters. The molecule has 2 heteroatoms. The van der Waals surface area contributed by atoms with Crippen LogP contribution in [0.4, 0.5) is 0 Å². The maximum absolute atomic E-state index is 10.5. The topological polar surface area (TPSA) is 46.2 Å². The van der Waals surface area contributed by atoms with E-state index in [1.54, 1.807) is 0 Å². The van der Waals surface area contributed by atoms with Crippen molar-refractivity contribution in [2.24, 2.45) is 22.5 Å². The van der Waals surface area contributed by atoms with Crippen LogP contribution in [0.3, 0.4) is 0 Å². The zero-order valence-electron chi connectivity index (χ0n) is 11.4. The van der Waals surface area contributed by atoms with Crippen LogP contribution in [0.25, 0.3) is 0 Å². The summed E-state index contributed by atoms with van der Waals surface area (Å²) in [5.41, 5.74) is 5.88. The molecule has 16 heavy (non-hydrogen) atoms. The van der Waals surface area contributed by atoms with E-state index in [1.807, 2.05) is 0 Å². The monoisotopic (exact) mass is 227 g/mol. The van der Waals surface area contributed by atoms with Gasteiger partial charge in [-0.2, -0.15) is 0 Å². The fourth-order valence-electron chi connectivity index (χ4n) is 3.17. The molecular weight excluding hydrogens is 198 g/mol. The van der Waals surface area contributed by atoms with Crippen molar-refractivity contribution in [3.05, 3.63) is 0 Å². The van der Waals surface area contributed by atoms with Gasteiger partial charge in [-0.05, 0) is 37.0 Å². The highest BCUT2D eigenvalue weighted by Crippen LogP contribution is 2.46. The lowest BCUT2D eigenvalue weighted by atomic mass is 9.61. The van der Waals surface area contributed by atoms with Crippen LogP contribution in [-0.4, -0.2) is 17.8 Å². The smallest absolute Gasteiger partial charge is 0.0656 e. The molecule has 1 aliphatic rings. The van der Waals surface area contributed by atoms with Gasteiger partial charge in [-0.1, -0.05) is 34.1 Å². The Hall–Kier alpha value is -0.0800. The van der Waals surface area contributed by atoms with Crippen LogP contribution < -0.4 is 5.73 Å². The average Bonchev–Trinajstić information content (AvgIpc) is 2.27. The molecule has 3 N–H and O–H groups in total. The highest BCUT2D eigenvalue weighted by atomic mass is 16.3. The van der Waals surface area contributed by atoms with Crippen LogP contribution in [0.1, 0.15) is 59.8 Å². The summed E-state index contributed by atoms with van der Waals surface area (Å²) < 4.78 is 0. The molecule has 0 aromatic heterocycles. The molecule has 0 spiro atoms. The predicted octanol–water partition coefficient (Wildman–Crippen LogP) is 2.94. The van der Waals surface area contributed by atoms with Crippen LogP contribution in [0.2, 0.25) is 0 Å². The third kappa shape index (κ3) is 2.78. The highest BCUT2D eigenvalue weighted by Gasteiger charge is 2.44. The van der Waals surface area contributed by atoms with Crippen molar-refractivity contribution in [2.75, 3.05) is 6.54 Å². The summed E-state index contributed by atoms with van der Waals surface area (Å²) >= 11 is 0. The summed E-state index contributed by atoms with van der Waals surface area (Å²) in [7, 11) is 0. The van der Waals surface area contributed by atoms with Crippen molar-refractivity contribution in [3.63, 3.8) is 0 Å². The van der Waals surface area contributed by atoms with Crippen molar-refractivity contribution >= 4 is 0 Å². The third-order valence-electron chi connectivity index (χ3n) is 4.49. The summed E-state index contributed by atoms with van der Waals surface area (Å²) in [5, 5.41) is 10.5. The Labute approximate surface area is 101 Å². The van der Waals surface area contributed by atoms with Gasteiger partial charge >= 0.3 is 0 Å². The largest absolute Gasteiger partial charge is 0.392 e. The van der Waals surface area contributed by atoms with Gasteiger partial charge in [-0.25, -0.2) is 0 Å². The van der Waals surface area contributed by atoms with Gasteiger partial charge in [0.1, 0.15) is 0 Å². The Morgan fingerprint density at radius 2 is 1.81 bits per heavy atom. The van der Waals surface area contributed by atoms with Gasteiger partial charge < -0.3 is 10.8 Å². The Morgan fingerprint density at radius 3 is 2.12 bits per heavy atom. The first-order chi connectivity index (χ1) is 7.35. The Morgan fingerprint density at radius 1 is 1.31 bits per heavy atom. The van der Waals surface area contributed by atoms with Crippen LogP contribution in [0, 0.1) is 16.7 Å². The molecule has 2 nitrogen and oxygen atoms in total. The average molecular weight is 227 g/mol. The van der Waals surface area contributed by atoms with Gasteiger partial charge in [-0.15, -0.1) is 0 Å². The first-order valence-corrected chi connectivity index (χ1v) is 6.74. The third-order valence-corrected chi connectivity index (χ3v) is 4.49. The Kier molecular flexibility index (Phi) is 4.42. The van der Waals surface area contributed by atoms with Crippen LogP contribution in [-0.2, 0) is 0 Å². The molecule has 0 aromatic carbocycles. The number of rotatable bonds is 3. The van der Waals surface area contributed by atoms with Crippen LogP contribution >= 0.6 is 0 Å². The standard InChI is InChI=1S/C14H29NO/c1-5-11-6-8-14(10-15,9-7-11)12(16)13(2,3)4/h11-12,16H,5-10,15H2,1-4H3. The summed E-state index contributed by atoms with van der Waals surface area (Å²) in [4.78, 5) is 0. The maximum Gasteiger partial charge on any atom is 0.0656 e. The van der Waals surface area contributed by atoms with E-state index in [0.29, 0.717) is 6.54 Å². The minimum absolute atomic E-state index is 0.0239. The molecule has 0 bridgehead atoms. The normalized spacial score (nSPS) is 33.8. The molecule has 1 fully saturated rings. The fraction of sp³-hybridized carbons (Fsp3) is 1.00. The van der Waals surface area contributed by atoms with E-state index < -0.39 is 0 Å². The second kappa shape index (κ2) is 5.05. The van der Waals surface area contributed by atoms with Crippen molar-refractivity contribution in [2.45, 2.75) is 65.9 Å². The molecule has 1 aliphatic carbocycles. The van der Waals surface area contributed by atoms with E-state index in [1.165, 1.54) is 19.3 Å². The summed E-state index contributed by atoms with van der Waals surface area (Å²) in [6.45, 7) is 9.23. The highest BCUT2D eigenvalue weighted by molar-refractivity contribution is 4.96. The molecule has 1 rings (SSSR count). The van der Waals surface area contributed by atoms with E-state index >= 15 is 0 Å². The predicted molar refractivity (Wildman–Crippen MR) is 69.2 cm³/mol. The van der Waals surface area contributed by atoms with E-state index in [4.69, 9.17) is 5.73 Å². The number of aliphatic hydroxyl groups is 1. The van der Waals surface area contributed by atoms with E-state index in [-0.39, 0.29) is 16.9 Å². The Balaban J connectivity index is 2.73. The van der Waals surface area contributed by atoms with E-state index in [0.717, 1.165) is 18.8 Å². The van der Waals surface area contributed by atoms with Crippen molar-refractivity contribution in [1.82, 2.24) is 0 Å². The molecular formula is C14H29NO. The number of hydrogen-bond donors (Lipinski definition) is 2. The lowest BCUT2D eigenvalue weighted by Crippen LogP contribution is -2.50. The van der Waals surface area contributed by atoms with Gasteiger partial charge in [0.25, 0.3) is 0 Å². The first-order valence-electron chi connectivity index (χ1n) is 6.74. The van der Waals surface area contributed by atoms with Crippen molar-refractivity contribution < 1.29 is 5.11 Å². The molecule has 0 aliphatic heterocycles. The maximum atomic E-state index is 10.5. The zero-order chi connectivity index (χ0) is 12.4. The lowest BCUT2D eigenvalue weighted by Gasteiger charge is -2.47. The van der Waals surface area contributed by atoms with Crippen molar-refractivity contribution in [1.29, 1.82) is 0 Å². The SMILES string of the molecule is CCC1CCC(CN)(C(O)C(C)(C)C)CC1. The number of aliphatic hydroxyl groups excluding tert-OH is 1.